The van der Waals surface area contributed by atoms with Crippen molar-refractivity contribution >= 4 is 17.8 Å². The van der Waals surface area contributed by atoms with Crippen molar-refractivity contribution in [2.24, 2.45) is 5.73 Å². The largest absolute Gasteiger partial charge is 0.452 e. The summed E-state index contributed by atoms with van der Waals surface area (Å²) in [5.41, 5.74) is 4.47. The van der Waals surface area contributed by atoms with E-state index in [-0.39, 0.29) is 35.9 Å². The highest BCUT2D eigenvalue weighted by Gasteiger charge is 2.14. The van der Waals surface area contributed by atoms with Crippen LogP contribution in [0.15, 0.2) is 0 Å². The fourth-order valence-corrected chi connectivity index (χ4v) is 1.18. The Bertz CT molecular complexity index is 1590. The van der Waals surface area contributed by atoms with Gasteiger partial charge < -0.3 is 20.3 Å². The van der Waals surface area contributed by atoms with Crippen LogP contribution in [-0.4, -0.2) is 42.3 Å². The Morgan fingerprint density at radius 1 is 0.757 bits per heavy atom. The Labute approximate surface area is 247 Å². The lowest BCUT2D eigenvalue weighted by Gasteiger charge is -2.12. The van der Waals surface area contributed by atoms with Crippen LogP contribution in [0.5, 0.6) is 0 Å². The molecule has 0 saturated carbocycles. The fourth-order valence-electron chi connectivity index (χ4n) is 1.18. The van der Waals surface area contributed by atoms with Crippen molar-refractivity contribution in [1.82, 2.24) is 0 Å². The first-order chi connectivity index (χ1) is 17.9. The van der Waals surface area contributed by atoms with Crippen molar-refractivity contribution < 1.29 is 58.9 Å². The van der Waals surface area contributed by atoms with Crippen LogP contribution in [0.25, 0.3) is 0 Å². The minimum Gasteiger partial charge on any atom is -0.452 e. The summed E-state index contributed by atoms with van der Waals surface area (Å²) in [6, 6.07) is 0. The maximum atomic E-state index is 11.6. The van der Waals surface area contributed by atoms with E-state index < -0.39 is 31.3 Å². The molecule has 0 fully saturated rings. The number of nitrogens with two attached hydrogens (primary N) is 1. The van der Waals surface area contributed by atoms with Crippen molar-refractivity contribution in [3.8, 4) is 131 Å². The van der Waals surface area contributed by atoms with Gasteiger partial charge in [0.1, 0.15) is 6.61 Å². The van der Waals surface area contributed by atoms with Crippen LogP contribution in [0.4, 0.5) is 0 Å². The minimum absolute atomic E-state index is 0. The first-order valence-corrected chi connectivity index (χ1v) is 9.51. The number of esters is 2. The molecule has 218 valence electrons. The van der Waals surface area contributed by atoms with Crippen LogP contribution in [0.1, 0.15) is 43.8 Å². The highest BCUT2D eigenvalue weighted by Crippen LogP contribution is 1.94. The second-order valence-corrected chi connectivity index (χ2v) is 5.19. The molecule has 0 spiro atoms. The first kappa shape index (κ1) is 32.7. The predicted octanol–water partition coefficient (Wildman–Crippen LogP) is 3.78. The Balaban J connectivity index is -0.0000000223. The van der Waals surface area contributed by atoms with E-state index in [1.165, 1.54) is 6.92 Å². The molecule has 0 aliphatic carbocycles. The number of rotatable bonds is 4. The normalized spacial score (nSPS) is 6.76. The average Bonchev–Trinajstić information content (AvgIpc) is 2.86. The summed E-state index contributed by atoms with van der Waals surface area (Å²) in [4.78, 5) is 32.3. The van der Waals surface area contributed by atoms with Gasteiger partial charge in [-0.2, -0.15) is 0 Å². The molecule has 0 aliphatic rings. The van der Waals surface area contributed by atoms with Gasteiger partial charge in [-0.15, -0.1) is 6.42 Å². The van der Waals surface area contributed by atoms with Crippen LogP contribution in [0, 0.1) is 131 Å². The molecule has 0 saturated heterocycles. The van der Waals surface area contributed by atoms with Gasteiger partial charge in [-0.1, -0.05) is 5.92 Å². The number of ether oxygens (including phenoxy) is 2. The molecule has 37 heavy (non-hydrogen) atoms. The summed E-state index contributed by atoms with van der Waals surface area (Å²) >= 11 is 0. The monoisotopic (exact) mass is 527 g/mol. The fraction of sp³-hybridized carbons (Fsp3) is 0.167. The van der Waals surface area contributed by atoms with Crippen molar-refractivity contribution in [2.45, 2.75) is 20.0 Å². The maximum Gasteiger partial charge on any atom is 0.385 e. The quantitative estimate of drug-likeness (QED) is 0.327. The molecular weight excluding hydrogens is 470 g/mol. The summed E-state index contributed by atoms with van der Waals surface area (Å²) in [6.07, 6.45) is 3.77. The predicted molar refractivity (Wildman–Crippen MR) is 179 cm³/mol. The topological polar surface area (TPSA) is 116 Å². The number of hydrogen-bond acceptors (Lipinski definition) is 6. The van der Waals surface area contributed by atoms with Gasteiger partial charge in [-0.25, -0.2) is 9.59 Å². The van der Waals surface area contributed by atoms with E-state index >= 15 is 0 Å². The van der Waals surface area contributed by atoms with Gasteiger partial charge in [-0.05, 0) is 113 Å². The third kappa shape index (κ3) is 29.5. The number of hydrogen-bond donors (Lipinski definition) is 2. The lowest BCUT2D eigenvalue weighted by atomic mass is 10.4. The van der Waals surface area contributed by atoms with Crippen LogP contribution in [0.2, 0.25) is 0 Å². The summed E-state index contributed by atoms with van der Waals surface area (Å²) in [7, 11) is 0. The van der Waals surface area contributed by atoms with Crippen molar-refractivity contribution in [3.05, 3.63) is 0 Å². The molecule has 1 atom stereocenters. The standard InChI is InChI=1S/C28H10O5.C2H5NO.21H2/c1-3-5-7-9-11-13-15-17-19-21-23-28(31)33-26(24-29)25-32-27(30)22-20-18-16-14-12-10-8-6-4-2;1-2(3)4;;;;;;;;;;;;;;;;;;;;;/h1,26,29H,24-25H2,2H3;1H3,(H2,3,4);21*1H/t26-;;;;;;;;;;;;;;;;;;;;;;/m0....................../s1. The summed E-state index contributed by atoms with van der Waals surface area (Å²) in [5.74, 6) is 46.6. The molecule has 0 aromatic heterocycles. The molecule has 0 heterocycles. The lowest BCUT2D eigenvalue weighted by molar-refractivity contribution is -0.153. The first-order valence-electron chi connectivity index (χ1n) is 9.51. The number of terminal acetylenes is 1. The smallest absolute Gasteiger partial charge is 0.385 e. The zero-order chi connectivity index (χ0) is 28.0. The molecule has 1 amide bonds. The molecule has 0 rings (SSSR count). The summed E-state index contributed by atoms with van der Waals surface area (Å²) in [5, 5.41) is 9.20. The Kier molecular flexibility index (Phi) is 22.8. The van der Waals surface area contributed by atoms with E-state index in [0.717, 1.165) is 0 Å². The van der Waals surface area contributed by atoms with E-state index in [9.17, 15) is 19.5 Å². The molecular formula is C30H57NO6. The van der Waals surface area contributed by atoms with E-state index in [2.05, 4.69) is 130 Å². The van der Waals surface area contributed by atoms with Crippen LogP contribution >= 0.6 is 0 Å². The van der Waals surface area contributed by atoms with Gasteiger partial charge in [0.2, 0.25) is 5.91 Å². The van der Waals surface area contributed by atoms with Crippen molar-refractivity contribution in [3.63, 3.8) is 0 Å². The Morgan fingerprint density at radius 3 is 1.54 bits per heavy atom. The van der Waals surface area contributed by atoms with E-state index in [0.29, 0.717) is 0 Å². The number of carbonyl (C=O) groups excluding carboxylic acids is 3. The second kappa shape index (κ2) is 25.8. The highest BCUT2D eigenvalue weighted by atomic mass is 16.6. The molecule has 0 aliphatic heterocycles. The number of primary amides is 1. The second-order valence-electron chi connectivity index (χ2n) is 5.19. The summed E-state index contributed by atoms with van der Waals surface area (Å²) in [6.45, 7) is 1.91. The van der Waals surface area contributed by atoms with Gasteiger partial charge in [0.05, 0.1) is 6.61 Å². The van der Waals surface area contributed by atoms with E-state index in [1.54, 1.807) is 6.92 Å². The van der Waals surface area contributed by atoms with Crippen LogP contribution in [0.3, 0.4) is 0 Å². The van der Waals surface area contributed by atoms with Gasteiger partial charge in [0, 0.05) is 48.7 Å². The summed E-state index contributed by atoms with van der Waals surface area (Å²) < 4.78 is 9.57. The van der Waals surface area contributed by atoms with Crippen molar-refractivity contribution in [1.29, 1.82) is 0 Å². The molecule has 7 heteroatoms. The number of carbonyl (C=O) groups is 3. The van der Waals surface area contributed by atoms with Crippen LogP contribution < -0.4 is 5.73 Å². The molecule has 0 aromatic rings. The maximum absolute atomic E-state index is 11.6. The zero-order valence-electron chi connectivity index (χ0n) is 19.6. The average molecular weight is 528 g/mol. The van der Waals surface area contributed by atoms with Gasteiger partial charge in [0.15, 0.2) is 6.10 Å². The van der Waals surface area contributed by atoms with E-state index in [4.69, 9.17) is 15.9 Å². The van der Waals surface area contributed by atoms with Gasteiger partial charge >= 0.3 is 11.9 Å². The SMILES string of the molecule is C#CC#CC#CC#CC#CC#CC(=O)O[C@@H](CO)COC(=O)C#CC#CC#CC#CC#CC.CC(N)=O.[HH].[HH].[HH].[HH].[HH].[HH].[HH].[HH].[HH].[HH].[HH].[HH].[HH].[HH].[HH].[HH].[HH].[HH].[HH].[HH].[HH]. The molecule has 3 N–H and O–H groups in total. The molecule has 0 unspecified atom stereocenters. The van der Waals surface area contributed by atoms with Gasteiger partial charge in [0.25, 0.3) is 0 Å². The van der Waals surface area contributed by atoms with Crippen molar-refractivity contribution in [2.75, 3.05) is 13.2 Å². The Morgan fingerprint density at radius 2 is 1.14 bits per heavy atom. The Hall–Kier alpha value is -6.47. The molecule has 0 bridgehead atoms. The number of aliphatic hydroxyl groups excluding tert-OH is 1. The van der Waals surface area contributed by atoms with Crippen LogP contribution in [-0.2, 0) is 23.9 Å². The number of amides is 1. The number of aliphatic hydroxyl groups is 1. The third-order valence-corrected chi connectivity index (χ3v) is 2.34. The molecule has 0 radical (unpaired) electrons. The molecule has 7 nitrogen and oxygen atoms in total. The third-order valence-electron chi connectivity index (χ3n) is 2.34. The molecule has 0 aromatic carbocycles. The minimum atomic E-state index is -1.13. The highest BCUT2D eigenvalue weighted by molar-refractivity contribution is 5.90. The lowest BCUT2D eigenvalue weighted by Crippen LogP contribution is -2.27. The van der Waals surface area contributed by atoms with Gasteiger partial charge in [-0.3, -0.25) is 4.79 Å². The zero-order valence-corrected chi connectivity index (χ0v) is 19.6. The van der Waals surface area contributed by atoms with E-state index in [1.807, 2.05) is 0 Å².